The molecule has 0 aromatic heterocycles. The Morgan fingerprint density at radius 3 is 1.85 bits per heavy atom. The highest BCUT2D eigenvalue weighted by Crippen LogP contribution is 2.35. The first kappa shape index (κ1) is 22.3. The van der Waals surface area contributed by atoms with Crippen LogP contribution in [0.15, 0.2) is 24.3 Å². The van der Waals surface area contributed by atoms with E-state index in [4.69, 9.17) is 5.26 Å². The number of nitriles is 1. The van der Waals surface area contributed by atoms with E-state index in [9.17, 15) is 0 Å². The lowest BCUT2D eigenvalue weighted by Gasteiger charge is -2.29. The molecule has 1 nitrogen and oxygen atoms in total. The van der Waals surface area contributed by atoms with Crippen molar-refractivity contribution in [1.29, 1.82) is 5.26 Å². The summed E-state index contributed by atoms with van der Waals surface area (Å²) in [6.07, 6.45) is 31.3. The molecule has 0 N–H and O–H groups in total. The monoisotopic (exact) mass is 369 g/mol. The van der Waals surface area contributed by atoms with Gasteiger partial charge in [0.1, 0.15) is 0 Å². The van der Waals surface area contributed by atoms with Crippen LogP contribution in [0.3, 0.4) is 0 Å². The van der Waals surface area contributed by atoms with Crippen LogP contribution in [0.5, 0.6) is 0 Å². The Bertz CT molecular complexity index is 453. The molecule has 0 aromatic rings. The zero-order valence-electron chi connectivity index (χ0n) is 17.9. The number of unbranched alkanes of at least 4 members (excludes halogenated alkanes) is 4. The summed E-state index contributed by atoms with van der Waals surface area (Å²) in [4.78, 5) is 0. The SMILES string of the molecule is CCCCCCC[C@H]1CC[C@H](C=C[C@H]2CC[C@H](CCC=CC#N)CC2)CC1. The molecule has 0 aromatic carbocycles. The van der Waals surface area contributed by atoms with Gasteiger partial charge in [-0.3, -0.25) is 0 Å². The van der Waals surface area contributed by atoms with Crippen molar-refractivity contribution in [1.82, 2.24) is 0 Å². The number of hydrogen-bond donors (Lipinski definition) is 0. The van der Waals surface area contributed by atoms with E-state index in [1.807, 2.05) is 6.08 Å². The molecule has 27 heavy (non-hydrogen) atoms. The van der Waals surface area contributed by atoms with Crippen molar-refractivity contribution in [3.05, 3.63) is 24.3 Å². The fourth-order valence-electron chi connectivity index (χ4n) is 5.16. The molecule has 0 unspecified atom stereocenters. The van der Waals surface area contributed by atoms with Gasteiger partial charge in [-0.15, -0.1) is 0 Å². The van der Waals surface area contributed by atoms with Crippen LogP contribution in [0.2, 0.25) is 0 Å². The molecule has 2 saturated carbocycles. The summed E-state index contributed by atoms with van der Waals surface area (Å²) in [5, 5.41) is 8.54. The second-order valence-electron chi connectivity index (χ2n) is 9.26. The van der Waals surface area contributed by atoms with Gasteiger partial charge < -0.3 is 0 Å². The van der Waals surface area contributed by atoms with Gasteiger partial charge in [-0.05, 0) is 87.9 Å². The molecule has 0 heterocycles. The van der Waals surface area contributed by atoms with Gasteiger partial charge in [0.15, 0.2) is 0 Å². The average molecular weight is 370 g/mol. The van der Waals surface area contributed by atoms with Gasteiger partial charge in [0.05, 0.1) is 6.07 Å². The fourth-order valence-corrected chi connectivity index (χ4v) is 5.16. The van der Waals surface area contributed by atoms with Crippen molar-refractivity contribution < 1.29 is 0 Å². The number of allylic oxidation sites excluding steroid dienone is 4. The van der Waals surface area contributed by atoms with E-state index >= 15 is 0 Å². The maximum absolute atomic E-state index is 8.54. The van der Waals surface area contributed by atoms with Crippen molar-refractivity contribution in [3.63, 3.8) is 0 Å². The fraction of sp³-hybridized carbons (Fsp3) is 0.808. The minimum absolute atomic E-state index is 0.840. The summed E-state index contributed by atoms with van der Waals surface area (Å²) in [5.41, 5.74) is 0. The summed E-state index contributed by atoms with van der Waals surface area (Å²) in [5.74, 6) is 3.63. The summed E-state index contributed by atoms with van der Waals surface area (Å²) < 4.78 is 0. The van der Waals surface area contributed by atoms with E-state index in [0.717, 1.165) is 30.1 Å². The Hall–Kier alpha value is -1.03. The first-order chi connectivity index (χ1) is 13.3. The molecule has 2 fully saturated rings. The van der Waals surface area contributed by atoms with Crippen LogP contribution in [0.1, 0.15) is 110 Å². The second-order valence-corrected chi connectivity index (χ2v) is 9.26. The van der Waals surface area contributed by atoms with Crippen LogP contribution in [0.25, 0.3) is 0 Å². The van der Waals surface area contributed by atoms with E-state index in [1.54, 1.807) is 6.08 Å². The summed E-state index contributed by atoms with van der Waals surface area (Å²) in [6.45, 7) is 2.30. The molecular weight excluding hydrogens is 326 g/mol. The van der Waals surface area contributed by atoms with E-state index in [-0.39, 0.29) is 0 Å². The molecule has 0 bridgehead atoms. The van der Waals surface area contributed by atoms with Crippen LogP contribution in [0.4, 0.5) is 0 Å². The third-order valence-electron chi connectivity index (χ3n) is 7.09. The van der Waals surface area contributed by atoms with Gasteiger partial charge in [-0.2, -0.15) is 5.26 Å². The summed E-state index contributed by atoms with van der Waals surface area (Å²) >= 11 is 0. The maximum Gasteiger partial charge on any atom is 0.0908 e. The quantitative estimate of drug-likeness (QED) is 0.204. The Kier molecular flexibility index (Phi) is 11.6. The Labute approximate surface area is 169 Å². The molecule has 2 rings (SSSR count). The Morgan fingerprint density at radius 2 is 1.30 bits per heavy atom. The van der Waals surface area contributed by atoms with Crippen molar-refractivity contribution in [2.24, 2.45) is 23.7 Å². The molecule has 2 aliphatic carbocycles. The molecule has 0 amide bonds. The van der Waals surface area contributed by atoms with Crippen LogP contribution < -0.4 is 0 Å². The second kappa shape index (κ2) is 14.0. The highest BCUT2D eigenvalue weighted by Gasteiger charge is 2.21. The smallest absolute Gasteiger partial charge is 0.0908 e. The number of nitrogens with zero attached hydrogens (tertiary/aromatic N) is 1. The molecule has 152 valence electrons. The molecule has 0 radical (unpaired) electrons. The topological polar surface area (TPSA) is 23.8 Å². The summed E-state index contributed by atoms with van der Waals surface area (Å²) in [7, 11) is 0. The predicted octanol–water partition coefficient (Wildman–Crippen LogP) is 8.38. The van der Waals surface area contributed by atoms with Gasteiger partial charge in [0.25, 0.3) is 0 Å². The zero-order chi connectivity index (χ0) is 19.2. The van der Waals surface area contributed by atoms with Crippen molar-refractivity contribution >= 4 is 0 Å². The lowest BCUT2D eigenvalue weighted by Crippen LogP contribution is -2.15. The highest BCUT2D eigenvalue weighted by atomic mass is 14.3. The predicted molar refractivity (Wildman–Crippen MR) is 117 cm³/mol. The minimum atomic E-state index is 0.840. The van der Waals surface area contributed by atoms with Crippen LogP contribution in [0, 0.1) is 35.0 Å². The first-order valence-electron chi connectivity index (χ1n) is 12.0. The maximum atomic E-state index is 8.54. The van der Waals surface area contributed by atoms with Gasteiger partial charge in [-0.1, -0.05) is 63.7 Å². The van der Waals surface area contributed by atoms with Gasteiger partial charge in [0.2, 0.25) is 0 Å². The molecular formula is C26H43N. The third-order valence-corrected chi connectivity index (χ3v) is 7.09. The van der Waals surface area contributed by atoms with Crippen LogP contribution in [-0.4, -0.2) is 0 Å². The van der Waals surface area contributed by atoms with E-state index < -0.39 is 0 Å². The van der Waals surface area contributed by atoms with Gasteiger partial charge >= 0.3 is 0 Å². The van der Waals surface area contributed by atoms with E-state index in [0.29, 0.717) is 0 Å². The first-order valence-corrected chi connectivity index (χ1v) is 12.0. The lowest BCUT2D eigenvalue weighted by atomic mass is 9.77. The molecule has 0 spiro atoms. The average Bonchev–Trinajstić information content (AvgIpc) is 2.71. The highest BCUT2D eigenvalue weighted by molar-refractivity contribution is 5.01. The zero-order valence-corrected chi connectivity index (χ0v) is 17.9. The van der Waals surface area contributed by atoms with Crippen LogP contribution >= 0.6 is 0 Å². The largest absolute Gasteiger partial charge is 0.193 e. The molecule has 2 aliphatic rings. The normalized spacial score (nSPS) is 29.3. The molecule has 0 saturated heterocycles. The summed E-state index contributed by atoms with van der Waals surface area (Å²) in [6, 6.07) is 2.09. The van der Waals surface area contributed by atoms with Crippen LogP contribution in [-0.2, 0) is 0 Å². The van der Waals surface area contributed by atoms with Crippen molar-refractivity contribution in [3.8, 4) is 6.07 Å². The Balaban J connectivity index is 1.53. The number of hydrogen-bond acceptors (Lipinski definition) is 1. The van der Waals surface area contributed by atoms with Gasteiger partial charge in [-0.25, -0.2) is 0 Å². The van der Waals surface area contributed by atoms with Crippen molar-refractivity contribution in [2.75, 3.05) is 0 Å². The van der Waals surface area contributed by atoms with Crippen molar-refractivity contribution in [2.45, 2.75) is 110 Å². The molecule has 0 atom stereocenters. The Morgan fingerprint density at radius 1 is 0.741 bits per heavy atom. The third kappa shape index (κ3) is 9.64. The van der Waals surface area contributed by atoms with E-state index in [2.05, 4.69) is 25.1 Å². The standard InChI is InChI=1S/C26H43N/c1-2-3-4-5-7-10-23-12-16-25(17-13-23)20-21-26-18-14-24(15-19-26)11-8-6-9-22-27/h6,9,20-21,23-26H,2-5,7-8,10-19H2,1H3/t23-,24-,25-,26-. The van der Waals surface area contributed by atoms with E-state index in [1.165, 1.54) is 96.3 Å². The lowest BCUT2D eigenvalue weighted by molar-refractivity contribution is 0.282. The molecule has 0 aliphatic heterocycles. The number of rotatable bonds is 11. The minimum Gasteiger partial charge on any atom is -0.193 e. The van der Waals surface area contributed by atoms with Gasteiger partial charge in [0, 0.05) is 6.08 Å². The molecule has 1 heteroatoms.